The molecular weight excluding hydrogens is 610 g/mol. The van der Waals surface area contributed by atoms with E-state index in [1.165, 1.54) is 23.3 Å². The molecule has 2 aromatic rings. The second-order valence-electron chi connectivity index (χ2n) is 11.6. The van der Waals surface area contributed by atoms with Gasteiger partial charge in [-0.3, -0.25) is 15.0 Å². The van der Waals surface area contributed by atoms with E-state index in [9.17, 15) is 18.4 Å². The predicted octanol–water partition coefficient (Wildman–Crippen LogP) is 8.07. The number of carbonyl (C=O) groups excluding carboxylic acids is 2. The standard InChI is InChI=1S/C29H44N6O2.C7H8F2.C2H6/c1-6-13-29(14-7-2,34-30-5)28(37)35(21(3)4)17-16-31-25-12-11-22-18-24(19-23(22)20-25)27(36)33-26-10-8-9-15-32-26;1-2-3-4-7(9)5-6-8;1-2/h8-12,15,20-21,24,30-31,34H,6-7,13-14,16-19H2,1-5H3,(H,32,33,36);2-6H,1H3;1-2H3/b;3-2-,6-5+,7-4+;/t24-;;/m1../s1. The van der Waals surface area contributed by atoms with E-state index in [4.69, 9.17) is 0 Å². The molecule has 8 nitrogen and oxygen atoms in total. The second kappa shape index (κ2) is 23.4. The van der Waals surface area contributed by atoms with Gasteiger partial charge in [-0.1, -0.05) is 64.8 Å². The average Bonchev–Trinajstić information content (AvgIpc) is 3.51. The van der Waals surface area contributed by atoms with Crippen LogP contribution in [0, 0.1) is 5.92 Å². The van der Waals surface area contributed by atoms with E-state index < -0.39 is 11.4 Å². The van der Waals surface area contributed by atoms with Crippen molar-refractivity contribution in [3.8, 4) is 0 Å². The Labute approximate surface area is 287 Å². The minimum absolute atomic E-state index is 0.00770. The third-order valence-corrected chi connectivity index (χ3v) is 7.79. The highest BCUT2D eigenvalue weighted by atomic mass is 19.1. The topological polar surface area (TPSA) is 98.4 Å². The molecule has 48 heavy (non-hydrogen) atoms. The van der Waals surface area contributed by atoms with Crippen molar-refractivity contribution in [2.45, 2.75) is 98.6 Å². The van der Waals surface area contributed by atoms with Crippen molar-refractivity contribution in [2.24, 2.45) is 5.92 Å². The molecule has 0 fully saturated rings. The van der Waals surface area contributed by atoms with E-state index in [0.29, 0.717) is 25.3 Å². The third kappa shape index (κ3) is 13.7. The Morgan fingerprint density at radius 2 is 1.77 bits per heavy atom. The highest BCUT2D eigenvalue weighted by molar-refractivity contribution is 5.92. The van der Waals surface area contributed by atoms with E-state index in [1.54, 1.807) is 25.3 Å². The maximum absolute atomic E-state index is 13.8. The number of pyridine rings is 1. The SMILES string of the molecule is CC.CCCC(CCC)(NNC)C(=O)N(CCNc1ccc2c(c1)C[C@H](C(=O)Nc1ccccn1)C2)C(C)C.C\C=C/C=C(F)\C=C\F. The summed E-state index contributed by atoms with van der Waals surface area (Å²) in [4.78, 5) is 32.7. The van der Waals surface area contributed by atoms with Crippen molar-refractivity contribution in [3.63, 3.8) is 0 Å². The lowest BCUT2D eigenvalue weighted by atomic mass is 9.87. The third-order valence-electron chi connectivity index (χ3n) is 7.79. The molecule has 0 unspecified atom stereocenters. The van der Waals surface area contributed by atoms with Gasteiger partial charge >= 0.3 is 0 Å². The average molecular weight is 669 g/mol. The summed E-state index contributed by atoms with van der Waals surface area (Å²) < 4.78 is 23.3. The molecule has 0 spiro atoms. The van der Waals surface area contributed by atoms with E-state index in [1.807, 2.05) is 37.9 Å². The van der Waals surface area contributed by atoms with Crippen molar-refractivity contribution in [2.75, 3.05) is 30.8 Å². The fraction of sp³-hybridized carbons (Fsp3) is 0.500. The molecule has 266 valence electrons. The van der Waals surface area contributed by atoms with Gasteiger partial charge in [0, 0.05) is 43.0 Å². The van der Waals surface area contributed by atoms with Crippen LogP contribution in [0.1, 0.15) is 85.3 Å². The van der Waals surface area contributed by atoms with Gasteiger partial charge in [-0.2, -0.15) is 0 Å². The van der Waals surface area contributed by atoms with Crippen LogP contribution < -0.4 is 21.5 Å². The van der Waals surface area contributed by atoms with Gasteiger partial charge in [0.2, 0.25) is 11.8 Å². The molecule has 2 amide bonds. The number of allylic oxidation sites excluding steroid dienone is 5. The van der Waals surface area contributed by atoms with Crippen LogP contribution in [0.5, 0.6) is 0 Å². The second-order valence-corrected chi connectivity index (χ2v) is 11.6. The van der Waals surface area contributed by atoms with Crippen LogP contribution >= 0.6 is 0 Å². The van der Waals surface area contributed by atoms with Crippen LogP contribution in [0.15, 0.2) is 79.1 Å². The van der Waals surface area contributed by atoms with Crippen LogP contribution in [0.2, 0.25) is 0 Å². The zero-order valence-corrected chi connectivity index (χ0v) is 30.2. The lowest BCUT2D eigenvalue weighted by Gasteiger charge is -2.39. The number of carbonyl (C=O) groups is 2. The number of fused-ring (bicyclic) bond motifs is 1. The molecule has 1 aliphatic rings. The number of halogens is 2. The lowest BCUT2D eigenvalue weighted by molar-refractivity contribution is -0.141. The fourth-order valence-electron chi connectivity index (χ4n) is 5.68. The number of hydrogen-bond donors (Lipinski definition) is 4. The van der Waals surface area contributed by atoms with Gasteiger partial charge in [-0.05, 0) is 95.0 Å². The highest BCUT2D eigenvalue weighted by Gasteiger charge is 2.40. The molecule has 1 aromatic heterocycles. The smallest absolute Gasteiger partial charge is 0.244 e. The number of benzene rings is 1. The lowest BCUT2D eigenvalue weighted by Crippen LogP contribution is -2.62. The predicted molar refractivity (Wildman–Crippen MR) is 196 cm³/mol. The van der Waals surface area contributed by atoms with E-state index in [0.717, 1.165) is 43.9 Å². The summed E-state index contributed by atoms with van der Waals surface area (Å²) in [6, 6.07) is 11.9. The first-order chi connectivity index (χ1) is 23.1. The molecule has 0 aliphatic heterocycles. The number of nitrogens with zero attached hydrogens (tertiary/aromatic N) is 2. The van der Waals surface area contributed by atoms with Crippen molar-refractivity contribution < 1.29 is 18.4 Å². The molecular formula is C38H58F2N6O2. The minimum atomic E-state index is -0.596. The first-order valence-corrected chi connectivity index (χ1v) is 17.2. The molecule has 0 bridgehead atoms. The number of hydrazine groups is 1. The molecule has 4 N–H and O–H groups in total. The number of amides is 2. The summed E-state index contributed by atoms with van der Waals surface area (Å²) in [5.74, 6) is 0.0649. The van der Waals surface area contributed by atoms with Crippen LogP contribution in [0.3, 0.4) is 0 Å². The normalized spacial score (nSPS) is 14.2. The molecule has 1 atom stereocenters. The van der Waals surface area contributed by atoms with Crippen LogP contribution in [-0.2, 0) is 22.4 Å². The quantitative estimate of drug-likeness (QED) is 0.107. The molecule has 0 saturated heterocycles. The molecule has 0 saturated carbocycles. The van der Waals surface area contributed by atoms with Gasteiger partial charge in [0.25, 0.3) is 0 Å². The van der Waals surface area contributed by atoms with Crippen molar-refractivity contribution in [1.82, 2.24) is 20.7 Å². The number of nitrogens with one attached hydrogen (secondary N) is 4. The van der Waals surface area contributed by atoms with Gasteiger partial charge in [-0.25, -0.2) is 19.2 Å². The Morgan fingerprint density at radius 3 is 2.33 bits per heavy atom. The molecule has 10 heteroatoms. The first-order valence-electron chi connectivity index (χ1n) is 17.2. The Hall–Kier alpha value is -3.89. The highest BCUT2D eigenvalue weighted by Crippen LogP contribution is 2.30. The van der Waals surface area contributed by atoms with E-state index in [2.05, 4.69) is 72.4 Å². The Morgan fingerprint density at radius 1 is 1.08 bits per heavy atom. The fourth-order valence-corrected chi connectivity index (χ4v) is 5.68. The van der Waals surface area contributed by atoms with Crippen molar-refractivity contribution >= 4 is 23.3 Å². The number of aromatic nitrogens is 1. The Kier molecular flexibility index (Phi) is 20.6. The summed E-state index contributed by atoms with van der Waals surface area (Å²) in [6.45, 7) is 15.4. The summed E-state index contributed by atoms with van der Waals surface area (Å²) in [5, 5.41) is 6.43. The molecule has 3 rings (SSSR count). The van der Waals surface area contributed by atoms with Gasteiger partial charge < -0.3 is 15.5 Å². The summed E-state index contributed by atoms with van der Waals surface area (Å²) >= 11 is 0. The van der Waals surface area contributed by atoms with Gasteiger partial charge in [0.1, 0.15) is 17.2 Å². The van der Waals surface area contributed by atoms with Gasteiger partial charge in [0.15, 0.2) is 0 Å². The van der Waals surface area contributed by atoms with Crippen molar-refractivity contribution in [3.05, 3.63) is 90.2 Å². The maximum Gasteiger partial charge on any atom is 0.244 e. The molecule has 1 heterocycles. The number of rotatable bonds is 16. The summed E-state index contributed by atoms with van der Waals surface area (Å²) in [6.07, 6.45) is 11.8. The Balaban J connectivity index is 0.000000905. The van der Waals surface area contributed by atoms with Crippen LogP contribution in [-0.4, -0.2) is 53.4 Å². The minimum Gasteiger partial charge on any atom is -0.383 e. The monoisotopic (exact) mass is 668 g/mol. The maximum atomic E-state index is 13.8. The Bertz CT molecular complexity index is 1300. The van der Waals surface area contributed by atoms with Gasteiger partial charge in [0.05, 0.1) is 6.33 Å². The van der Waals surface area contributed by atoms with Crippen molar-refractivity contribution in [1.29, 1.82) is 0 Å². The zero-order valence-electron chi connectivity index (χ0n) is 30.2. The number of anilines is 2. The first kappa shape index (κ1) is 42.1. The van der Waals surface area contributed by atoms with Crippen LogP contribution in [0.4, 0.5) is 20.3 Å². The van der Waals surface area contributed by atoms with Gasteiger partial charge in [-0.15, -0.1) is 0 Å². The summed E-state index contributed by atoms with van der Waals surface area (Å²) in [7, 11) is 1.83. The molecule has 1 aromatic carbocycles. The molecule has 1 aliphatic carbocycles. The summed E-state index contributed by atoms with van der Waals surface area (Å²) in [5.41, 5.74) is 9.17. The van der Waals surface area contributed by atoms with Crippen LogP contribution in [0.25, 0.3) is 0 Å². The van der Waals surface area contributed by atoms with E-state index in [-0.39, 0.29) is 30.1 Å². The largest absolute Gasteiger partial charge is 0.383 e. The molecule has 0 radical (unpaired) electrons. The number of hydrogen-bond acceptors (Lipinski definition) is 6. The van der Waals surface area contributed by atoms with E-state index >= 15 is 0 Å². The zero-order chi connectivity index (χ0) is 36.0.